The molecule has 0 atom stereocenters. The highest BCUT2D eigenvalue weighted by molar-refractivity contribution is 5.92. The van der Waals surface area contributed by atoms with Crippen LogP contribution in [-0.4, -0.2) is 33.9 Å². The van der Waals surface area contributed by atoms with Crippen molar-refractivity contribution in [3.8, 4) is 0 Å². The Hall–Kier alpha value is -2.43. The van der Waals surface area contributed by atoms with E-state index in [-0.39, 0.29) is 5.91 Å². The summed E-state index contributed by atoms with van der Waals surface area (Å²) in [4.78, 5) is 22.8. The van der Waals surface area contributed by atoms with Crippen LogP contribution in [0.2, 0.25) is 0 Å². The fraction of sp³-hybridized carbons (Fsp3) is 0.389. The third-order valence-corrected chi connectivity index (χ3v) is 4.16. The molecule has 120 valence electrons. The fourth-order valence-corrected chi connectivity index (χ4v) is 2.85. The number of hydrogen-bond donors (Lipinski definition) is 1. The number of likely N-dealkylation sites (tertiary alicyclic amines) is 1. The van der Waals surface area contributed by atoms with Crippen LogP contribution in [0, 0.1) is 13.8 Å². The molecule has 1 aromatic heterocycles. The quantitative estimate of drug-likeness (QED) is 0.943. The smallest absolute Gasteiger partial charge is 0.274 e. The second-order valence-corrected chi connectivity index (χ2v) is 6.08. The third-order valence-electron chi connectivity index (χ3n) is 4.16. The van der Waals surface area contributed by atoms with Crippen LogP contribution in [-0.2, 0) is 0 Å². The zero-order valence-electron chi connectivity index (χ0n) is 13.7. The molecule has 0 saturated carbocycles. The minimum absolute atomic E-state index is 0.0183. The number of benzene rings is 1. The maximum atomic E-state index is 12.4. The van der Waals surface area contributed by atoms with Crippen LogP contribution in [0.4, 0.5) is 11.5 Å². The average molecular weight is 310 g/mol. The van der Waals surface area contributed by atoms with Gasteiger partial charge in [-0.3, -0.25) is 4.79 Å². The SMILES string of the molecule is Cc1ccc(Nc2cnc(C(=O)N3CCCCC3)cn2)c(C)c1. The van der Waals surface area contributed by atoms with Gasteiger partial charge in [-0.05, 0) is 44.7 Å². The molecule has 1 N–H and O–H groups in total. The first kappa shape index (κ1) is 15.5. The number of hydrogen-bond acceptors (Lipinski definition) is 4. The highest BCUT2D eigenvalue weighted by Gasteiger charge is 2.19. The van der Waals surface area contributed by atoms with Gasteiger partial charge in [-0.1, -0.05) is 17.7 Å². The van der Waals surface area contributed by atoms with E-state index in [9.17, 15) is 4.79 Å². The van der Waals surface area contributed by atoms with Crippen LogP contribution in [0.25, 0.3) is 0 Å². The van der Waals surface area contributed by atoms with Crippen molar-refractivity contribution in [2.24, 2.45) is 0 Å². The van der Waals surface area contributed by atoms with E-state index in [0.29, 0.717) is 11.5 Å². The molecule has 1 aliphatic rings. The second-order valence-electron chi connectivity index (χ2n) is 6.08. The molecule has 23 heavy (non-hydrogen) atoms. The van der Waals surface area contributed by atoms with Crippen molar-refractivity contribution in [1.82, 2.24) is 14.9 Å². The standard InChI is InChI=1S/C18H22N4O/c1-13-6-7-15(14(2)10-13)21-17-12-19-16(11-20-17)18(23)22-8-4-3-5-9-22/h6-7,10-12H,3-5,8-9H2,1-2H3,(H,20,21). The maximum Gasteiger partial charge on any atom is 0.274 e. The molecule has 1 aliphatic heterocycles. The zero-order chi connectivity index (χ0) is 16.2. The number of carbonyl (C=O) groups excluding carboxylic acids is 1. The molecular weight excluding hydrogens is 288 g/mol. The Morgan fingerprint density at radius 3 is 2.52 bits per heavy atom. The van der Waals surface area contributed by atoms with E-state index in [1.165, 1.54) is 12.0 Å². The number of aromatic nitrogens is 2. The van der Waals surface area contributed by atoms with Gasteiger partial charge in [0.15, 0.2) is 0 Å². The van der Waals surface area contributed by atoms with Gasteiger partial charge in [0.1, 0.15) is 11.5 Å². The van der Waals surface area contributed by atoms with Crippen LogP contribution in [0.3, 0.4) is 0 Å². The van der Waals surface area contributed by atoms with Gasteiger partial charge in [-0.2, -0.15) is 0 Å². The predicted molar refractivity (Wildman–Crippen MR) is 91.0 cm³/mol. The van der Waals surface area contributed by atoms with Crippen LogP contribution in [0.15, 0.2) is 30.6 Å². The normalized spacial score (nSPS) is 14.6. The van der Waals surface area contributed by atoms with Crippen LogP contribution >= 0.6 is 0 Å². The lowest BCUT2D eigenvalue weighted by Gasteiger charge is -2.26. The second kappa shape index (κ2) is 6.77. The van der Waals surface area contributed by atoms with Gasteiger partial charge < -0.3 is 10.2 Å². The number of nitrogens with zero attached hydrogens (tertiary/aromatic N) is 3. The Kier molecular flexibility index (Phi) is 4.55. The lowest BCUT2D eigenvalue weighted by atomic mass is 10.1. The number of carbonyl (C=O) groups is 1. The molecule has 2 aromatic rings. The molecule has 5 heteroatoms. The monoisotopic (exact) mass is 310 g/mol. The van der Waals surface area contributed by atoms with Crippen molar-refractivity contribution in [2.75, 3.05) is 18.4 Å². The molecule has 2 heterocycles. The van der Waals surface area contributed by atoms with Crippen molar-refractivity contribution in [3.63, 3.8) is 0 Å². The van der Waals surface area contributed by atoms with Crippen molar-refractivity contribution in [2.45, 2.75) is 33.1 Å². The minimum atomic E-state index is -0.0183. The van der Waals surface area contributed by atoms with Crippen LogP contribution < -0.4 is 5.32 Å². The van der Waals surface area contributed by atoms with Crippen LogP contribution in [0.5, 0.6) is 0 Å². The molecule has 1 saturated heterocycles. The summed E-state index contributed by atoms with van der Waals surface area (Å²) in [7, 11) is 0. The largest absolute Gasteiger partial charge is 0.339 e. The van der Waals surface area contributed by atoms with E-state index in [4.69, 9.17) is 0 Å². The molecular formula is C18H22N4O. The van der Waals surface area contributed by atoms with E-state index in [0.717, 1.165) is 37.2 Å². The Bertz CT molecular complexity index is 691. The predicted octanol–water partition coefficient (Wildman–Crippen LogP) is 3.46. The Labute approximate surface area is 136 Å². The van der Waals surface area contributed by atoms with E-state index in [2.05, 4.69) is 41.3 Å². The number of rotatable bonds is 3. The summed E-state index contributed by atoms with van der Waals surface area (Å²) < 4.78 is 0. The summed E-state index contributed by atoms with van der Waals surface area (Å²) in [5.74, 6) is 0.627. The van der Waals surface area contributed by atoms with Crippen molar-refractivity contribution in [1.29, 1.82) is 0 Å². The Balaban J connectivity index is 1.70. The van der Waals surface area contributed by atoms with Gasteiger partial charge in [0.2, 0.25) is 0 Å². The summed E-state index contributed by atoms with van der Waals surface area (Å²) in [6.45, 7) is 5.76. The van der Waals surface area contributed by atoms with Gasteiger partial charge in [-0.15, -0.1) is 0 Å². The molecule has 5 nitrogen and oxygen atoms in total. The van der Waals surface area contributed by atoms with E-state index in [1.807, 2.05) is 11.0 Å². The molecule has 0 aliphatic carbocycles. The molecule has 0 bridgehead atoms. The number of piperidine rings is 1. The first-order valence-corrected chi connectivity index (χ1v) is 8.09. The molecule has 0 unspecified atom stereocenters. The molecule has 1 fully saturated rings. The lowest BCUT2D eigenvalue weighted by Crippen LogP contribution is -2.36. The number of anilines is 2. The topological polar surface area (TPSA) is 58.1 Å². The van der Waals surface area contributed by atoms with Gasteiger partial charge in [-0.25, -0.2) is 9.97 Å². The van der Waals surface area contributed by atoms with Gasteiger partial charge >= 0.3 is 0 Å². The third kappa shape index (κ3) is 3.67. The number of nitrogens with one attached hydrogen (secondary N) is 1. The zero-order valence-corrected chi connectivity index (χ0v) is 13.7. The van der Waals surface area contributed by atoms with Gasteiger partial charge in [0.05, 0.1) is 12.4 Å². The lowest BCUT2D eigenvalue weighted by molar-refractivity contribution is 0.0718. The minimum Gasteiger partial charge on any atom is -0.339 e. The average Bonchev–Trinajstić information content (AvgIpc) is 2.58. The number of aryl methyl sites for hydroxylation is 2. The fourth-order valence-electron chi connectivity index (χ4n) is 2.85. The first-order chi connectivity index (χ1) is 11.1. The van der Waals surface area contributed by atoms with E-state index < -0.39 is 0 Å². The van der Waals surface area contributed by atoms with E-state index >= 15 is 0 Å². The Morgan fingerprint density at radius 2 is 1.87 bits per heavy atom. The summed E-state index contributed by atoms with van der Waals surface area (Å²) in [6.07, 6.45) is 6.53. The summed E-state index contributed by atoms with van der Waals surface area (Å²) in [5.41, 5.74) is 3.79. The highest BCUT2D eigenvalue weighted by atomic mass is 16.2. The highest BCUT2D eigenvalue weighted by Crippen LogP contribution is 2.20. The van der Waals surface area contributed by atoms with Crippen molar-refractivity contribution < 1.29 is 4.79 Å². The summed E-state index contributed by atoms with van der Waals surface area (Å²) in [5, 5.41) is 3.25. The Morgan fingerprint density at radius 1 is 1.09 bits per heavy atom. The molecule has 1 amide bonds. The molecule has 3 rings (SSSR count). The molecule has 0 radical (unpaired) electrons. The van der Waals surface area contributed by atoms with Gasteiger partial charge in [0, 0.05) is 18.8 Å². The van der Waals surface area contributed by atoms with Gasteiger partial charge in [0.25, 0.3) is 5.91 Å². The van der Waals surface area contributed by atoms with Crippen LogP contribution in [0.1, 0.15) is 40.9 Å². The first-order valence-electron chi connectivity index (χ1n) is 8.09. The molecule has 1 aromatic carbocycles. The van der Waals surface area contributed by atoms with E-state index in [1.54, 1.807) is 12.4 Å². The van der Waals surface area contributed by atoms with Crippen molar-refractivity contribution >= 4 is 17.4 Å². The summed E-state index contributed by atoms with van der Waals surface area (Å²) >= 11 is 0. The number of amides is 1. The maximum absolute atomic E-state index is 12.4. The summed E-state index contributed by atoms with van der Waals surface area (Å²) in [6, 6.07) is 6.19. The molecule has 0 spiro atoms. The van der Waals surface area contributed by atoms with Crippen molar-refractivity contribution in [3.05, 3.63) is 47.4 Å².